The highest BCUT2D eigenvalue weighted by Gasteiger charge is 2.41. The Bertz CT molecular complexity index is 324. The molecule has 1 amide bonds. The lowest BCUT2D eigenvalue weighted by atomic mass is 9.93. The molecule has 3 N–H and O–H groups in total. The zero-order chi connectivity index (χ0) is 12.5. The molecule has 0 aromatic heterocycles. The molecule has 1 aliphatic heterocycles. The van der Waals surface area contributed by atoms with Gasteiger partial charge in [0.1, 0.15) is 0 Å². The lowest BCUT2D eigenvalue weighted by molar-refractivity contribution is -0.147. The third-order valence-corrected chi connectivity index (χ3v) is 3.98. The molecule has 17 heavy (non-hydrogen) atoms. The van der Waals surface area contributed by atoms with Gasteiger partial charge in [-0.05, 0) is 25.7 Å². The van der Waals surface area contributed by atoms with E-state index in [1.807, 2.05) is 0 Å². The number of hydrogen-bond donors (Lipinski definition) is 2. The van der Waals surface area contributed by atoms with Crippen LogP contribution in [0.3, 0.4) is 0 Å². The Morgan fingerprint density at radius 3 is 2.47 bits per heavy atom. The fourth-order valence-electron chi connectivity index (χ4n) is 2.90. The number of carbonyl (C=O) groups excluding carboxylic acids is 1. The number of piperidine rings is 1. The predicted octanol–water partition coefficient (Wildman–Crippen LogP) is 0.581. The largest absolute Gasteiger partial charge is 0.481 e. The molecule has 2 aliphatic rings. The van der Waals surface area contributed by atoms with Gasteiger partial charge < -0.3 is 15.7 Å². The zero-order valence-electron chi connectivity index (χ0n) is 10.0. The number of aliphatic carboxylic acids is 1. The van der Waals surface area contributed by atoms with Crippen LogP contribution in [0.15, 0.2) is 0 Å². The van der Waals surface area contributed by atoms with Crippen molar-refractivity contribution in [2.45, 2.75) is 44.1 Å². The van der Waals surface area contributed by atoms with E-state index in [0.717, 1.165) is 32.1 Å². The first-order valence-electron chi connectivity index (χ1n) is 6.34. The highest BCUT2D eigenvalue weighted by molar-refractivity contribution is 5.87. The Morgan fingerprint density at radius 1 is 1.24 bits per heavy atom. The van der Waals surface area contributed by atoms with Crippen LogP contribution in [0.25, 0.3) is 0 Å². The van der Waals surface area contributed by atoms with E-state index in [1.165, 1.54) is 0 Å². The van der Waals surface area contributed by atoms with Gasteiger partial charge in [-0.25, -0.2) is 0 Å². The molecule has 0 spiro atoms. The van der Waals surface area contributed by atoms with Gasteiger partial charge >= 0.3 is 5.97 Å². The minimum atomic E-state index is -0.806. The minimum absolute atomic E-state index is 0.0408. The second-order valence-electron chi connectivity index (χ2n) is 5.29. The monoisotopic (exact) mass is 240 g/mol. The molecule has 2 fully saturated rings. The Balaban J connectivity index is 2.01. The fourth-order valence-corrected chi connectivity index (χ4v) is 2.90. The van der Waals surface area contributed by atoms with E-state index >= 15 is 0 Å². The van der Waals surface area contributed by atoms with E-state index in [2.05, 4.69) is 0 Å². The summed E-state index contributed by atoms with van der Waals surface area (Å²) in [6, 6.07) is 0. The van der Waals surface area contributed by atoms with Crippen LogP contribution >= 0.6 is 0 Å². The summed E-state index contributed by atoms with van der Waals surface area (Å²) in [6.07, 6.45) is 4.90. The number of carbonyl (C=O) groups is 2. The molecule has 0 aromatic carbocycles. The maximum Gasteiger partial charge on any atom is 0.308 e. The second kappa shape index (κ2) is 4.64. The average molecular weight is 240 g/mol. The summed E-state index contributed by atoms with van der Waals surface area (Å²) in [7, 11) is 0. The first kappa shape index (κ1) is 12.4. The first-order valence-corrected chi connectivity index (χ1v) is 6.34. The van der Waals surface area contributed by atoms with Crippen LogP contribution in [0.5, 0.6) is 0 Å². The number of nitrogens with zero attached hydrogens (tertiary/aromatic N) is 1. The predicted molar refractivity (Wildman–Crippen MR) is 62.3 cm³/mol. The van der Waals surface area contributed by atoms with Gasteiger partial charge in [0, 0.05) is 13.1 Å². The number of likely N-dealkylation sites (tertiary alicyclic amines) is 1. The van der Waals surface area contributed by atoms with Crippen LogP contribution in [-0.4, -0.2) is 40.5 Å². The summed E-state index contributed by atoms with van der Waals surface area (Å²) in [5.41, 5.74) is 5.39. The number of hydrogen-bond acceptors (Lipinski definition) is 3. The summed E-state index contributed by atoms with van der Waals surface area (Å²) < 4.78 is 0. The maximum atomic E-state index is 12.3. The van der Waals surface area contributed by atoms with E-state index in [9.17, 15) is 9.59 Å². The lowest BCUT2D eigenvalue weighted by Crippen LogP contribution is -2.56. The molecule has 96 valence electrons. The molecule has 0 radical (unpaired) electrons. The molecule has 0 aromatic rings. The molecule has 1 heterocycles. The molecule has 1 aliphatic carbocycles. The Hall–Kier alpha value is -1.10. The molecular weight excluding hydrogens is 220 g/mol. The molecule has 5 nitrogen and oxygen atoms in total. The molecule has 1 saturated heterocycles. The van der Waals surface area contributed by atoms with E-state index in [-0.39, 0.29) is 5.91 Å². The SMILES string of the molecule is NC1(C(=O)N2CCCC(C(=O)O)C2)CCCC1. The average Bonchev–Trinajstić information content (AvgIpc) is 2.76. The van der Waals surface area contributed by atoms with Crippen molar-refractivity contribution in [3.63, 3.8) is 0 Å². The maximum absolute atomic E-state index is 12.3. The highest BCUT2D eigenvalue weighted by Crippen LogP contribution is 2.30. The molecular formula is C12H20N2O3. The van der Waals surface area contributed by atoms with Crippen molar-refractivity contribution in [3.8, 4) is 0 Å². The van der Waals surface area contributed by atoms with Crippen LogP contribution in [0.2, 0.25) is 0 Å². The normalized spacial score (nSPS) is 28.1. The first-order chi connectivity index (χ1) is 8.03. The van der Waals surface area contributed by atoms with Crippen LogP contribution in [0.4, 0.5) is 0 Å². The van der Waals surface area contributed by atoms with Crippen molar-refractivity contribution in [1.82, 2.24) is 4.90 Å². The van der Waals surface area contributed by atoms with Crippen molar-refractivity contribution >= 4 is 11.9 Å². The third-order valence-electron chi connectivity index (χ3n) is 3.98. The van der Waals surface area contributed by atoms with Crippen LogP contribution in [-0.2, 0) is 9.59 Å². The molecule has 1 saturated carbocycles. The summed E-state index contributed by atoms with van der Waals surface area (Å²) in [5.74, 6) is -1.27. The van der Waals surface area contributed by atoms with Gasteiger partial charge in [-0.1, -0.05) is 12.8 Å². The summed E-state index contributed by atoms with van der Waals surface area (Å²) in [4.78, 5) is 24.9. The van der Waals surface area contributed by atoms with E-state index in [1.54, 1.807) is 4.90 Å². The van der Waals surface area contributed by atoms with E-state index in [4.69, 9.17) is 10.8 Å². The van der Waals surface area contributed by atoms with Gasteiger partial charge in [0.05, 0.1) is 11.5 Å². The van der Waals surface area contributed by atoms with Gasteiger partial charge in [-0.15, -0.1) is 0 Å². The number of nitrogens with two attached hydrogens (primary N) is 1. The lowest BCUT2D eigenvalue weighted by Gasteiger charge is -2.36. The van der Waals surface area contributed by atoms with Crippen LogP contribution in [0, 0.1) is 5.92 Å². The molecule has 0 bridgehead atoms. The van der Waals surface area contributed by atoms with E-state index in [0.29, 0.717) is 19.5 Å². The number of carboxylic acid groups (broad SMARTS) is 1. The molecule has 2 rings (SSSR count). The second-order valence-corrected chi connectivity index (χ2v) is 5.29. The molecule has 5 heteroatoms. The van der Waals surface area contributed by atoms with Gasteiger partial charge in [-0.2, -0.15) is 0 Å². The van der Waals surface area contributed by atoms with Crippen molar-refractivity contribution in [2.24, 2.45) is 11.7 Å². The minimum Gasteiger partial charge on any atom is -0.481 e. The Kier molecular flexibility index (Phi) is 3.38. The van der Waals surface area contributed by atoms with Crippen molar-refractivity contribution in [3.05, 3.63) is 0 Å². The van der Waals surface area contributed by atoms with Gasteiger partial charge in [-0.3, -0.25) is 9.59 Å². The number of amides is 1. The van der Waals surface area contributed by atoms with Crippen LogP contribution < -0.4 is 5.73 Å². The van der Waals surface area contributed by atoms with Crippen molar-refractivity contribution < 1.29 is 14.7 Å². The zero-order valence-corrected chi connectivity index (χ0v) is 10.0. The van der Waals surface area contributed by atoms with E-state index < -0.39 is 17.4 Å². The summed E-state index contributed by atoms with van der Waals surface area (Å²) >= 11 is 0. The summed E-state index contributed by atoms with van der Waals surface area (Å²) in [6.45, 7) is 0.981. The Labute approximate surface area is 101 Å². The number of carboxylic acids is 1. The molecule has 1 unspecified atom stereocenters. The van der Waals surface area contributed by atoms with Crippen LogP contribution in [0.1, 0.15) is 38.5 Å². The van der Waals surface area contributed by atoms with Gasteiger partial charge in [0.15, 0.2) is 0 Å². The van der Waals surface area contributed by atoms with Crippen molar-refractivity contribution in [1.29, 1.82) is 0 Å². The van der Waals surface area contributed by atoms with Gasteiger partial charge in [0.25, 0.3) is 0 Å². The quantitative estimate of drug-likeness (QED) is 0.739. The molecule has 1 atom stereocenters. The Morgan fingerprint density at radius 2 is 1.88 bits per heavy atom. The number of rotatable bonds is 2. The third kappa shape index (κ3) is 2.44. The van der Waals surface area contributed by atoms with Gasteiger partial charge in [0.2, 0.25) is 5.91 Å². The topological polar surface area (TPSA) is 83.6 Å². The summed E-state index contributed by atoms with van der Waals surface area (Å²) in [5, 5.41) is 9.00. The fraction of sp³-hybridized carbons (Fsp3) is 0.833. The standard InChI is InChI=1S/C12H20N2O3/c13-12(5-1-2-6-12)11(17)14-7-3-4-9(8-14)10(15)16/h9H,1-8,13H2,(H,15,16). The van der Waals surface area contributed by atoms with Crippen molar-refractivity contribution in [2.75, 3.05) is 13.1 Å². The highest BCUT2D eigenvalue weighted by atomic mass is 16.4. The smallest absolute Gasteiger partial charge is 0.308 e.